The van der Waals surface area contributed by atoms with E-state index in [1.165, 1.54) is 11.3 Å². The van der Waals surface area contributed by atoms with Gasteiger partial charge in [0.15, 0.2) is 10.4 Å². The van der Waals surface area contributed by atoms with Gasteiger partial charge in [0.05, 0.1) is 6.42 Å². The van der Waals surface area contributed by atoms with Crippen molar-refractivity contribution in [3.8, 4) is 0 Å². The van der Waals surface area contributed by atoms with E-state index in [9.17, 15) is 9.59 Å². The van der Waals surface area contributed by atoms with Crippen LogP contribution in [0.2, 0.25) is 0 Å². The summed E-state index contributed by atoms with van der Waals surface area (Å²) in [6.07, 6.45) is 0.996. The fourth-order valence-electron chi connectivity index (χ4n) is 2.13. The molecule has 134 valence electrons. The summed E-state index contributed by atoms with van der Waals surface area (Å²) in [5.41, 5.74) is 1.44. The molecular formula is C17H15BrN4O3S. The minimum Gasteiger partial charge on any atom is -0.444 e. The van der Waals surface area contributed by atoms with Gasteiger partial charge < -0.3 is 15.1 Å². The molecule has 0 saturated carbocycles. The van der Waals surface area contributed by atoms with Gasteiger partial charge in [0.1, 0.15) is 5.01 Å². The van der Waals surface area contributed by atoms with E-state index in [-0.39, 0.29) is 24.0 Å². The minimum absolute atomic E-state index is 0.166. The highest BCUT2D eigenvalue weighted by Crippen LogP contribution is 2.18. The second-order valence-electron chi connectivity index (χ2n) is 5.33. The number of hydrogen-bond donors (Lipinski definition) is 2. The molecule has 0 spiro atoms. The number of furan rings is 1. The van der Waals surface area contributed by atoms with Crippen LogP contribution in [0.25, 0.3) is 0 Å². The van der Waals surface area contributed by atoms with E-state index < -0.39 is 0 Å². The number of halogens is 1. The van der Waals surface area contributed by atoms with Crippen molar-refractivity contribution in [1.82, 2.24) is 10.2 Å². The van der Waals surface area contributed by atoms with E-state index in [2.05, 4.69) is 36.8 Å². The molecule has 0 aliphatic carbocycles. The number of carbonyl (C=O) groups excluding carboxylic acids is 2. The van der Waals surface area contributed by atoms with Gasteiger partial charge in [0, 0.05) is 5.69 Å². The highest BCUT2D eigenvalue weighted by molar-refractivity contribution is 9.10. The maximum Gasteiger partial charge on any atom is 0.291 e. The van der Waals surface area contributed by atoms with Crippen molar-refractivity contribution in [2.75, 3.05) is 10.6 Å². The van der Waals surface area contributed by atoms with E-state index in [1.54, 1.807) is 36.4 Å². The van der Waals surface area contributed by atoms with Crippen molar-refractivity contribution < 1.29 is 14.0 Å². The predicted molar refractivity (Wildman–Crippen MR) is 102 cm³/mol. The predicted octanol–water partition coefficient (Wildman–Crippen LogP) is 3.89. The van der Waals surface area contributed by atoms with Crippen molar-refractivity contribution >= 4 is 49.9 Å². The Hall–Kier alpha value is -2.52. The van der Waals surface area contributed by atoms with Crippen LogP contribution in [0.4, 0.5) is 10.8 Å². The summed E-state index contributed by atoms with van der Waals surface area (Å²) < 4.78 is 5.69. The van der Waals surface area contributed by atoms with Crippen LogP contribution < -0.4 is 10.6 Å². The Morgan fingerprint density at radius 1 is 1.12 bits per heavy atom. The molecule has 1 aromatic carbocycles. The van der Waals surface area contributed by atoms with Crippen molar-refractivity contribution in [3.05, 3.63) is 57.4 Å². The topological polar surface area (TPSA) is 97.1 Å². The lowest BCUT2D eigenvalue weighted by atomic mass is 10.1. The summed E-state index contributed by atoms with van der Waals surface area (Å²) in [5.74, 6) is -0.297. The zero-order valence-electron chi connectivity index (χ0n) is 13.8. The number of rotatable bonds is 6. The Labute approximate surface area is 162 Å². The average Bonchev–Trinajstić information content (AvgIpc) is 3.25. The summed E-state index contributed by atoms with van der Waals surface area (Å²) in [6.45, 7) is 1.98. The van der Waals surface area contributed by atoms with Crippen molar-refractivity contribution in [2.24, 2.45) is 0 Å². The maximum atomic E-state index is 12.1. The molecular weight excluding hydrogens is 420 g/mol. The van der Waals surface area contributed by atoms with Gasteiger partial charge in [-0.3, -0.25) is 9.59 Å². The molecule has 0 fully saturated rings. The monoisotopic (exact) mass is 434 g/mol. The second kappa shape index (κ2) is 8.24. The largest absolute Gasteiger partial charge is 0.444 e. The molecule has 0 aliphatic heterocycles. The number of anilines is 2. The average molecular weight is 435 g/mol. The first kappa shape index (κ1) is 18.3. The third-order valence-electron chi connectivity index (χ3n) is 3.39. The Morgan fingerprint density at radius 2 is 1.88 bits per heavy atom. The SMILES string of the molecule is CCc1nnc(NC(=O)Cc2ccc(NC(=O)c3ccc(Br)o3)cc2)s1. The molecule has 7 nitrogen and oxygen atoms in total. The van der Waals surface area contributed by atoms with Crippen LogP contribution in [0.15, 0.2) is 45.5 Å². The molecule has 0 radical (unpaired) electrons. The molecule has 9 heteroatoms. The van der Waals surface area contributed by atoms with E-state index in [0.717, 1.165) is 17.0 Å². The lowest BCUT2D eigenvalue weighted by Crippen LogP contribution is -2.14. The molecule has 3 aromatic rings. The number of nitrogens with one attached hydrogen (secondary N) is 2. The van der Waals surface area contributed by atoms with E-state index in [4.69, 9.17) is 4.42 Å². The number of hydrogen-bond acceptors (Lipinski definition) is 6. The van der Waals surface area contributed by atoms with Crippen LogP contribution in [0, 0.1) is 0 Å². The molecule has 2 amide bonds. The van der Waals surface area contributed by atoms with Crippen LogP contribution in [-0.2, 0) is 17.6 Å². The van der Waals surface area contributed by atoms with Crippen molar-refractivity contribution in [3.63, 3.8) is 0 Å². The molecule has 2 N–H and O–H groups in total. The van der Waals surface area contributed by atoms with Gasteiger partial charge in [-0.15, -0.1) is 10.2 Å². The first-order chi connectivity index (χ1) is 12.5. The number of benzene rings is 1. The standard InChI is InChI=1S/C17H15BrN4O3S/c1-2-15-21-22-17(26-15)20-14(23)9-10-3-5-11(6-4-10)19-16(24)12-7-8-13(18)25-12/h3-8H,2,9H2,1H3,(H,19,24)(H,20,22,23). The van der Waals surface area contributed by atoms with Gasteiger partial charge in [-0.2, -0.15) is 0 Å². The third kappa shape index (κ3) is 4.77. The number of carbonyl (C=O) groups is 2. The zero-order chi connectivity index (χ0) is 18.5. The first-order valence-corrected chi connectivity index (χ1v) is 9.42. The van der Waals surface area contributed by atoms with E-state index in [1.807, 2.05) is 6.92 Å². The molecule has 0 bridgehead atoms. The molecule has 3 rings (SSSR count). The van der Waals surface area contributed by atoms with Gasteiger partial charge in [-0.25, -0.2) is 0 Å². The summed E-state index contributed by atoms with van der Waals surface area (Å²) in [4.78, 5) is 24.1. The highest BCUT2D eigenvalue weighted by Gasteiger charge is 2.11. The van der Waals surface area contributed by atoms with Crippen LogP contribution in [0.1, 0.15) is 28.0 Å². The fourth-order valence-corrected chi connectivity index (χ4v) is 3.13. The molecule has 0 unspecified atom stereocenters. The van der Waals surface area contributed by atoms with Crippen LogP contribution in [0.3, 0.4) is 0 Å². The number of aryl methyl sites for hydroxylation is 1. The van der Waals surface area contributed by atoms with Gasteiger partial charge in [-0.05, 0) is 52.2 Å². The second-order valence-corrected chi connectivity index (χ2v) is 7.18. The van der Waals surface area contributed by atoms with Crippen LogP contribution in [0.5, 0.6) is 0 Å². The van der Waals surface area contributed by atoms with Gasteiger partial charge >= 0.3 is 0 Å². The fraction of sp³-hybridized carbons (Fsp3) is 0.176. The number of amides is 2. The molecule has 2 aromatic heterocycles. The van der Waals surface area contributed by atoms with Gasteiger partial charge in [0.2, 0.25) is 11.0 Å². The summed E-state index contributed by atoms with van der Waals surface area (Å²) in [7, 11) is 0. The molecule has 0 saturated heterocycles. The van der Waals surface area contributed by atoms with Crippen molar-refractivity contribution in [2.45, 2.75) is 19.8 Å². The Bertz CT molecular complexity index is 920. The number of nitrogens with zero attached hydrogens (tertiary/aromatic N) is 2. The zero-order valence-corrected chi connectivity index (χ0v) is 16.2. The highest BCUT2D eigenvalue weighted by atomic mass is 79.9. The van der Waals surface area contributed by atoms with Gasteiger partial charge in [-0.1, -0.05) is 30.4 Å². The van der Waals surface area contributed by atoms with E-state index in [0.29, 0.717) is 15.5 Å². The smallest absolute Gasteiger partial charge is 0.291 e. The summed E-state index contributed by atoms with van der Waals surface area (Å²) >= 11 is 4.52. The van der Waals surface area contributed by atoms with Crippen molar-refractivity contribution in [1.29, 1.82) is 0 Å². The lowest BCUT2D eigenvalue weighted by Gasteiger charge is -2.05. The molecule has 2 heterocycles. The van der Waals surface area contributed by atoms with Crippen LogP contribution >= 0.6 is 27.3 Å². The maximum absolute atomic E-state index is 12.1. The molecule has 0 aliphatic rings. The summed E-state index contributed by atoms with van der Waals surface area (Å²) in [5, 5.41) is 14.7. The van der Waals surface area contributed by atoms with E-state index >= 15 is 0 Å². The molecule has 0 atom stereocenters. The van der Waals surface area contributed by atoms with Crippen LogP contribution in [-0.4, -0.2) is 22.0 Å². The quantitative estimate of drug-likeness (QED) is 0.613. The Morgan fingerprint density at radius 3 is 2.50 bits per heavy atom. The lowest BCUT2D eigenvalue weighted by molar-refractivity contribution is -0.115. The Balaban J connectivity index is 1.55. The normalized spacial score (nSPS) is 10.5. The minimum atomic E-state index is -0.343. The van der Waals surface area contributed by atoms with Gasteiger partial charge in [0.25, 0.3) is 5.91 Å². The third-order valence-corrected chi connectivity index (χ3v) is 4.80. The number of aromatic nitrogens is 2. The molecule has 26 heavy (non-hydrogen) atoms. The first-order valence-electron chi connectivity index (χ1n) is 7.81. The Kier molecular flexibility index (Phi) is 5.79. The summed E-state index contributed by atoms with van der Waals surface area (Å²) in [6, 6.07) is 10.3.